The first-order valence-electron chi connectivity index (χ1n) is 36.2. The van der Waals surface area contributed by atoms with Crippen LogP contribution in [0.5, 0.6) is 0 Å². The number of sulfonamides is 4. The highest BCUT2D eigenvalue weighted by Gasteiger charge is 2.45. The first-order valence-corrected chi connectivity index (χ1v) is 45.3. The zero-order chi connectivity index (χ0) is 84.8. The van der Waals surface area contributed by atoms with E-state index in [9.17, 15) is 80.4 Å². The molecule has 36 heteroatoms. The van der Waals surface area contributed by atoms with Crippen molar-refractivity contribution in [3.63, 3.8) is 0 Å². The van der Waals surface area contributed by atoms with Crippen LogP contribution in [0.2, 0.25) is 0 Å². The molecule has 24 nitrogen and oxygen atoms in total. The Kier molecular flexibility index (Phi) is 27.7. The molecule has 4 heterocycles. The zero-order valence-corrected chi connectivity index (χ0v) is 70.9. The van der Waals surface area contributed by atoms with E-state index in [2.05, 4.69) is 71.1 Å². The van der Waals surface area contributed by atoms with Crippen molar-refractivity contribution in [1.29, 1.82) is 0 Å². The van der Waals surface area contributed by atoms with Gasteiger partial charge in [0, 0.05) is 30.5 Å². The summed E-state index contributed by atoms with van der Waals surface area (Å²) in [6.07, 6.45) is 2.03. The van der Waals surface area contributed by atoms with Crippen molar-refractivity contribution in [2.45, 2.75) is 140 Å². The van der Waals surface area contributed by atoms with E-state index in [1.54, 1.807) is 103 Å². The average Bonchev–Trinajstić information content (AvgIpc) is 1.62. The summed E-state index contributed by atoms with van der Waals surface area (Å²) in [5, 5.41) is 63.5. The van der Waals surface area contributed by atoms with Crippen molar-refractivity contribution < 1.29 is 80.4 Å². The second kappa shape index (κ2) is 35.5. The summed E-state index contributed by atoms with van der Waals surface area (Å²) in [5.74, 6) is 0. The van der Waals surface area contributed by atoms with E-state index in [0.717, 1.165) is 80.4 Å². The first kappa shape index (κ1) is 89.9. The highest BCUT2D eigenvalue weighted by molar-refractivity contribution is 9.10. The van der Waals surface area contributed by atoms with Gasteiger partial charge in [0.1, 0.15) is 22.2 Å². The predicted molar refractivity (Wildman–Crippen MR) is 445 cm³/mol. The molecule has 0 fully saturated rings. The third kappa shape index (κ3) is 19.3. The highest BCUT2D eigenvalue weighted by atomic mass is 79.9. The van der Waals surface area contributed by atoms with E-state index in [1.807, 2.05) is 93.0 Å². The summed E-state index contributed by atoms with van der Waals surface area (Å²) in [7, 11) is -13.9. The van der Waals surface area contributed by atoms with Crippen LogP contribution in [0.25, 0.3) is 43.6 Å². The number of fused-ring (bicyclic) bond motifs is 4. The van der Waals surface area contributed by atoms with E-state index >= 15 is 0 Å². The van der Waals surface area contributed by atoms with Gasteiger partial charge in [0.15, 0.2) is 0 Å². The lowest BCUT2D eigenvalue weighted by atomic mass is 9.80. The van der Waals surface area contributed by atoms with Crippen LogP contribution in [0.3, 0.4) is 0 Å². The highest BCUT2D eigenvalue weighted by Crippen LogP contribution is 2.44. The number of nitrogens with zero attached hydrogens (tertiary/aromatic N) is 8. The molecule has 12 aromatic rings. The van der Waals surface area contributed by atoms with Gasteiger partial charge in [-0.2, -0.15) is 46.7 Å². The molecule has 8 N–H and O–H groups in total. The van der Waals surface area contributed by atoms with Crippen LogP contribution in [-0.4, -0.2) is 143 Å². The van der Waals surface area contributed by atoms with Crippen molar-refractivity contribution in [1.82, 2.24) is 39.1 Å². The number of hydrogen-bond donors (Lipinski definition) is 8. The molecule has 0 bridgehead atoms. The predicted octanol–water partition coefficient (Wildman–Crippen LogP) is 15.7. The second-order valence-corrected chi connectivity index (χ2v) is 36.6. The molecule has 0 aliphatic rings. The van der Waals surface area contributed by atoms with Crippen molar-refractivity contribution in [3.05, 3.63) is 237 Å². The van der Waals surface area contributed by atoms with Crippen LogP contribution >= 0.6 is 31.9 Å². The van der Waals surface area contributed by atoms with Crippen molar-refractivity contribution in [2.24, 2.45) is 0 Å². The first-order chi connectivity index (χ1) is 53.9. The fourth-order valence-corrected chi connectivity index (χ4v) is 17.6. The largest absolute Gasteiger partial charge is 0.416 e. The van der Waals surface area contributed by atoms with E-state index in [0.29, 0.717) is 105 Å². The molecule has 8 aromatic carbocycles. The van der Waals surface area contributed by atoms with E-state index in [4.69, 9.17) is 0 Å². The quantitative estimate of drug-likeness (QED) is 0.0234. The Labute approximate surface area is 680 Å². The molecule has 0 radical (unpaired) electrons. The van der Waals surface area contributed by atoms with Crippen molar-refractivity contribution >= 4 is 138 Å². The zero-order valence-electron chi connectivity index (χ0n) is 64.4. The van der Waals surface area contributed by atoms with Crippen molar-refractivity contribution in [3.8, 4) is 0 Å². The Morgan fingerprint density at radius 2 is 0.609 bits per heavy atom. The number of aliphatic hydroxyl groups excluding tert-OH is 4. The lowest BCUT2D eigenvalue weighted by molar-refractivity contribution is -0.138. The monoisotopic (exact) mass is 1800 g/mol. The Hall–Kier alpha value is -8.98. The van der Waals surface area contributed by atoms with Crippen LogP contribution in [-0.2, 0) is 74.6 Å². The summed E-state index contributed by atoms with van der Waals surface area (Å²) in [4.78, 5) is 0. The number of aliphatic hydroxyl groups is 4. The van der Waals surface area contributed by atoms with Crippen LogP contribution < -0.4 is 18.9 Å². The van der Waals surface area contributed by atoms with Crippen LogP contribution in [0.1, 0.15) is 120 Å². The SMILES string of the molecule is CCC(CO)(c1ccc(C(F)(F)F)cc1)n1ncc2c(NS(C)(=O)=O)cccc21.CCC(O)C(CC)(c1ccc(Br)cc1)n1ncc2c(NS(C)(=O)=O)cccc21.CCC(O)C(CC)(c1ccc(C(F)(F)F)cc1)n1ncc2c(NS(C)(=O)=O)cccc21.CCC(c1ccc(Br)cc1)(C(C)O)n1ncc2c(NS(C)(=O)=O)cccc21. The molecule has 4 aromatic heterocycles. The minimum Gasteiger partial charge on any atom is -0.393 e. The Morgan fingerprint density at radius 3 is 0.852 bits per heavy atom. The summed E-state index contributed by atoms with van der Waals surface area (Å²) >= 11 is 6.91. The molecule has 0 spiro atoms. The Morgan fingerprint density at radius 1 is 0.365 bits per heavy atom. The Balaban J connectivity index is 0.000000176. The van der Waals surface area contributed by atoms with E-state index in [-0.39, 0.29) is 0 Å². The normalized spacial score (nSPS) is 15.3. The van der Waals surface area contributed by atoms with Gasteiger partial charge in [-0.15, -0.1) is 0 Å². The Bertz CT molecular complexity index is 5880. The molecule has 0 amide bonds. The fraction of sp³-hybridized carbons (Fsp3) is 0.342. The third-order valence-corrected chi connectivity index (χ3v) is 23.8. The van der Waals surface area contributed by atoms with E-state index in [1.165, 1.54) is 41.3 Å². The summed E-state index contributed by atoms with van der Waals surface area (Å²) in [6.45, 7) is 12.7. The number of anilines is 4. The molecular weight excluding hydrogens is 1710 g/mol. The van der Waals surface area contributed by atoms with Crippen molar-refractivity contribution in [2.75, 3.05) is 50.5 Å². The minimum absolute atomic E-state index is 0.326. The molecule has 0 aliphatic heterocycles. The topological polar surface area (TPSA) is 337 Å². The number of benzene rings is 8. The smallest absolute Gasteiger partial charge is 0.393 e. The fourth-order valence-electron chi connectivity index (χ4n) is 14.8. The maximum atomic E-state index is 13.1. The molecule has 0 aliphatic carbocycles. The van der Waals surface area contributed by atoms with Gasteiger partial charge < -0.3 is 20.4 Å². The number of nitrogens with one attached hydrogen (secondary N) is 4. The number of rotatable bonds is 26. The number of aromatic nitrogens is 8. The molecule has 7 unspecified atom stereocenters. The summed E-state index contributed by atoms with van der Waals surface area (Å²) < 4.78 is 190. The van der Waals surface area contributed by atoms with Crippen LogP contribution in [0.15, 0.2) is 204 Å². The molecule has 618 valence electrons. The van der Waals surface area contributed by atoms with Gasteiger partial charge in [0.2, 0.25) is 40.1 Å². The minimum atomic E-state index is -4.47. The molecular formula is C79H90Br2F6N12O12S4. The maximum absolute atomic E-state index is 13.1. The summed E-state index contributed by atoms with van der Waals surface area (Å²) in [6, 6.07) is 45.6. The summed E-state index contributed by atoms with van der Waals surface area (Å²) in [5.41, 5.74) is 1.59. The molecule has 0 saturated carbocycles. The molecule has 0 saturated heterocycles. The number of alkyl halides is 6. The second-order valence-electron chi connectivity index (χ2n) is 27.7. The van der Waals surface area contributed by atoms with Gasteiger partial charge >= 0.3 is 12.4 Å². The third-order valence-electron chi connectivity index (χ3n) is 20.4. The van der Waals surface area contributed by atoms with Crippen LogP contribution in [0, 0.1) is 0 Å². The number of hydrogen-bond acceptors (Lipinski definition) is 16. The lowest BCUT2D eigenvalue weighted by Gasteiger charge is -2.38. The lowest BCUT2D eigenvalue weighted by Crippen LogP contribution is -2.46. The van der Waals surface area contributed by atoms with Crippen LogP contribution in [0.4, 0.5) is 49.1 Å². The van der Waals surface area contributed by atoms with E-state index < -0.39 is 111 Å². The maximum Gasteiger partial charge on any atom is 0.416 e. The molecule has 115 heavy (non-hydrogen) atoms. The van der Waals surface area contributed by atoms with Gasteiger partial charge in [-0.05, 0) is 165 Å². The standard InChI is InChI=1S/C21H24F3N3O3S.C20H24BrN3O3S.C19H22BrN3O3S.C19H20F3N3O3S/c1-4-19(28)20(5-2,14-9-11-15(12-10-14)21(22,23)24)27-18-8-6-7-17(16(18)13-25-27)26-31(3,29)30;1-4-19(25)20(5-2,14-9-11-15(21)12-10-14)24-18-8-6-7-17(16(18)13-22-24)23-28(3,26)27;1-4-19(13(2)24,14-8-10-15(20)11-9-14)23-18-7-5-6-17(16(18)12-21-23)22-27(3,25)26;1-3-18(12-26,13-7-9-14(10-8-13)19(20,21)22)25-17-6-4-5-16(15(17)11-23-25)24-29(2,27)28/h6-13,19,26,28H,4-5H2,1-3H3;6-13,19,23,25H,4-5H2,1-3H3;5-13,22,24H,4H2,1-3H3;4-11,24,26H,3,12H2,1-2H3. The van der Waals surface area contributed by atoms with Gasteiger partial charge in [-0.1, -0.05) is 146 Å². The van der Waals surface area contributed by atoms with Gasteiger partial charge in [-0.3, -0.25) is 37.6 Å². The number of halogens is 8. The van der Waals surface area contributed by atoms with Gasteiger partial charge in [0.25, 0.3) is 0 Å². The molecule has 7 atom stereocenters. The average molecular weight is 1800 g/mol. The van der Waals surface area contributed by atoms with Gasteiger partial charge in [0.05, 0.1) is 131 Å². The molecule has 12 rings (SSSR count). The van der Waals surface area contributed by atoms with Gasteiger partial charge in [-0.25, -0.2) is 33.7 Å².